The SMILES string of the molecule is CCNc1nnc(C2(N)CCCC2)n1CC. The molecule has 90 valence electrons. The molecule has 1 aliphatic rings. The summed E-state index contributed by atoms with van der Waals surface area (Å²) in [5.74, 6) is 1.79. The number of nitrogens with zero attached hydrogens (tertiary/aromatic N) is 3. The highest BCUT2D eigenvalue weighted by Gasteiger charge is 2.36. The van der Waals surface area contributed by atoms with Crippen molar-refractivity contribution < 1.29 is 0 Å². The van der Waals surface area contributed by atoms with E-state index >= 15 is 0 Å². The van der Waals surface area contributed by atoms with Crippen molar-refractivity contribution in [3.05, 3.63) is 5.82 Å². The van der Waals surface area contributed by atoms with Gasteiger partial charge >= 0.3 is 0 Å². The lowest BCUT2D eigenvalue weighted by atomic mass is 9.98. The minimum absolute atomic E-state index is 0.253. The zero-order valence-corrected chi connectivity index (χ0v) is 10.2. The fourth-order valence-electron chi connectivity index (χ4n) is 2.49. The third-order valence-corrected chi connectivity index (χ3v) is 3.34. The zero-order valence-electron chi connectivity index (χ0n) is 10.2. The van der Waals surface area contributed by atoms with Crippen LogP contribution >= 0.6 is 0 Å². The zero-order chi connectivity index (χ0) is 11.6. The van der Waals surface area contributed by atoms with Crippen LogP contribution in [-0.2, 0) is 12.1 Å². The van der Waals surface area contributed by atoms with E-state index in [1.165, 1.54) is 12.8 Å². The van der Waals surface area contributed by atoms with Crippen molar-refractivity contribution in [2.24, 2.45) is 5.73 Å². The fourth-order valence-corrected chi connectivity index (χ4v) is 2.49. The Kier molecular flexibility index (Phi) is 3.14. The molecule has 0 aromatic carbocycles. The molecule has 3 N–H and O–H groups in total. The molecule has 5 nitrogen and oxygen atoms in total. The number of hydrogen-bond acceptors (Lipinski definition) is 4. The molecule has 2 rings (SSSR count). The van der Waals surface area contributed by atoms with Gasteiger partial charge in [-0.2, -0.15) is 0 Å². The molecule has 16 heavy (non-hydrogen) atoms. The number of anilines is 1. The monoisotopic (exact) mass is 223 g/mol. The highest BCUT2D eigenvalue weighted by Crippen LogP contribution is 2.35. The van der Waals surface area contributed by atoms with E-state index in [0.29, 0.717) is 0 Å². The van der Waals surface area contributed by atoms with Crippen LogP contribution in [0, 0.1) is 0 Å². The third-order valence-electron chi connectivity index (χ3n) is 3.34. The van der Waals surface area contributed by atoms with Crippen LogP contribution < -0.4 is 11.1 Å². The number of nitrogens with two attached hydrogens (primary N) is 1. The number of hydrogen-bond donors (Lipinski definition) is 2. The van der Waals surface area contributed by atoms with Crippen molar-refractivity contribution in [2.45, 2.75) is 51.6 Å². The highest BCUT2D eigenvalue weighted by molar-refractivity contribution is 5.28. The quantitative estimate of drug-likeness (QED) is 0.810. The van der Waals surface area contributed by atoms with Crippen LogP contribution in [0.2, 0.25) is 0 Å². The molecule has 5 heteroatoms. The van der Waals surface area contributed by atoms with Crippen LogP contribution in [-0.4, -0.2) is 21.3 Å². The minimum atomic E-state index is -0.253. The Balaban J connectivity index is 2.33. The van der Waals surface area contributed by atoms with Crippen LogP contribution in [0.25, 0.3) is 0 Å². The maximum atomic E-state index is 6.42. The third kappa shape index (κ3) is 1.80. The van der Waals surface area contributed by atoms with Gasteiger partial charge in [-0.15, -0.1) is 10.2 Å². The topological polar surface area (TPSA) is 68.8 Å². The van der Waals surface area contributed by atoms with E-state index in [2.05, 4.69) is 33.9 Å². The predicted octanol–water partition coefficient (Wildman–Crippen LogP) is 1.46. The van der Waals surface area contributed by atoms with Gasteiger partial charge in [-0.25, -0.2) is 0 Å². The number of rotatable bonds is 4. The van der Waals surface area contributed by atoms with Crippen LogP contribution in [0.3, 0.4) is 0 Å². The van der Waals surface area contributed by atoms with Gasteiger partial charge in [0.05, 0.1) is 5.54 Å². The second kappa shape index (κ2) is 4.41. The summed E-state index contributed by atoms with van der Waals surface area (Å²) in [6, 6.07) is 0. The van der Waals surface area contributed by atoms with Gasteiger partial charge in [0.2, 0.25) is 5.95 Å². The lowest BCUT2D eigenvalue weighted by molar-refractivity contribution is 0.410. The van der Waals surface area contributed by atoms with Crippen molar-refractivity contribution in [1.29, 1.82) is 0 Å². The van der Waals surface area contributed by atoms with Gasteiger partial charge in [0.15, 0.2) is 5.82 Å². The molecule has 0 saturated heterocycles. The normalized spacial score (nSPS) is 18.9. The van der Waals surface area contributed by atoms with E-state index in [4.69, 9.17) is 5.73 Å². The first-order valence-electron chi connectivity index (χ1n) is 6.17. The Labute approximate surface area is 96.4 Å². The molecule has 0 atom stereocenters. The molecule has 0 spiro atoms. The van der Waals surface area contributed by atoms with Crippen molar-refractivity contribution in [1.82, 2.24) is 14.8 Å². The summed E-state index contributed by atoms with van der Waals surface area (Å²) in [6.45, 7) is 5.88. The summed E-state index contributed by atoms with van der Waals surface area (Å²) in [4.78, 5) is 0. The predicted molar refractivity (Wildman–Crippen MR) is 64.2 cm³/mol. The molecule has 0 radical (unpaired) electrons. The molecule has 1 aromatic heterocycles. The molecule has 1 fully saturated rings. The number of aromatic nitrogens is 3. The van der Waals surface area contributed by atoms with E-state index in [1.54, 1.807) is 0 Å². The molecule has 1 saturated carbocycles. The van der Waals surface area contributed by atoms with Gasteiger partial charge in [-0.1, -0.05) is 12.8 Å². The van der Waals surface area contributed by atoms with Crippen molar-refractivity contribution in [3.63, 3.8) is 0 Å². The minimum Gasteiger partial charge on any atom is -0.355 e. The molecular weight excluding hydrogens is 202 g/mol. The first-order chi connectivity index (χ1) is 7.71. The van der Waals surface area contributed by atoms with Gasteiger partial charge in [0, 0.05) is 13.1 Å². The average Bonchev–Trinajstić information content (AvgIpc) is 2.86. The molecule has 1 aliphatic carbocycles. The van der Waals surface area contributed by atoms with E-state index < -0.39 is 0 Å². The van der Waals surface area contributed by atoms with Crippen LogP contribution in [0.15, 0.2) is 0 Å². The van der Waals surface area contributed by atoms with Gasteiger partial charge in [-0.05, 0) is 26.7 Å². The second-order valence-electron chi connectivity index (χ2n) is 4.49. The maximum Gasteiger partial charge on any atom is 0.224 e. The van der Waals surface area contributed by atoms with Crippen molar-refractivity contribution >= 4 is 5.95 Å². The van der Waals surface area contributed by atoms with Gasteiger partial charge in [-0.3, -0.25) is 4.57 Å². The molecule has 0 unspecified atom stereocenters. The second-order valence-corrected chi connectivity index (χ2v) is 4.49. The largest absolute Gasteiger partial charge is 0.355 e. The average molecular weight is 223 g/mol. The summed E-state index contributed by atoms with van der Waals surface area (Å²) >= 11 is 0. The molecule has 0 amide bonds. The van der Waals surface area contributed by atoms with E-state index in [0.717, 1.165) is 37.7 Å². The first-order valence-corrected chi connectivity index (χ1v) is 6.17. The molecule has 0 aliphatic heterocycles. The highest BCUT2D eigenvalue weighted by atomic mass is 15.4. The molecular formula is C11H21N5. The van der Waals surface area contributed by atoms with Gasteiger partial charge in [0.1, 0.15) is 0 Å². The summed E-state index contributed by atoms with van der Waals surface area (Å²) in [5, 5.41) is 11.7. The Morgan fingerprint density at radius 2 is 2.00 bits per heavy atom. The Morgan fingerprint density at radius 3 is 2.56 bits per heavy atom. The number of nitrogens with one attached hydrogen (secondary N) is 1. The molecule has 1 aromatic rings. The summed E-state index contributed by atoms with van der Waals surface area (Å²) in [5.41, 5.74) is 6.16. The molecule has 0 bridgehead atoms. The van der Waals surface area contributed by atoms with E-state index in [-0.39, 0.29) is 5.54 Å². The fraction of sp³-hybridized carbons (Fsp3) is 0.818. The lowest BCUT2D eigenvalue weighted by Crippen LogP contribution is -2.36. The van der Waals surface area contributed by atoms with E-state index in [1.807, 2.05) is 0 Å². The summed E-state index contributed by atoms with van der Waals surface area (Å²) in [7, 11) is 0. The van der Waals surface area contributed by atoms with Crippen LogP contribution in [0.4, 0.5) is 5.95 Å². The molecule has 1 heterocycles. The summed E-state index contributed by atoms with van der Waals surface area (Å²) < 4.78 is 2.11. The Morgan fingerprint density at radius 1 is 1.31 bits per heavy atom. The van der Waals surface area contributed by atoms with Crippen molar-refractivity contribution in [2.75, 3.05) is 11.9 Å². The Hall–Kier alpha value is -1.10. The lowest BCUT2D eigenvalue weighted by Gasteiger charge is -2.23. The smallest absolute Gasteiger partial charge is 0.224 e. The Bertz CT molecular complexity index is 351. The van der Waals surface area contributed by atoms with Gasteiger partial charge < -0.3 is 11.1 Å². The summed E-state index contributed by atoms with van der Waals surface area (Å²) in [6.07, 6.45) is 4.45. The maximum absolute atomic E-state index is 6.42. The first kappa shape index (κ1) is 11.4. The standard InChI is InChI=1S/C11H21N5/c1-3-13-10-15-14-9(16(10)4-2)11(12)7-5-6-8-11/h3-8,12H2,1-2H3,(H,13,15). The van der Waals surface area contributed by atoms with Gasteiger partial charge in [0.25, 0.3) is 0 Å². The van der Waals surface area contributed by atoms with Crippen LogP contribution in [0.5, 0.6) is 0 Å². The van der Waals surface area contributed by atoms with Crippen LogP contribution in [0.1, 0.15) is 45.4 Å². The van der Waals surface area contributed by atoms with E-state index in [9.17, 15) is 0 Å². The van der Waals surface area contributed by atoms with Crippen molar-refractivity contribution in [3.8, 4) is 0 Å².